The molecule has 0 fully saturated rings. The lowest BCUT2D eigenvalue weighted by molar-refractivity contribution is -0.139. The average molecular weight is 503 g/mol. The van der Waals surface area contributed by atoms with Crippen molar-refractivity contribution in [3.05, 3.63) is 29.8 Å². The van der Waals surface area contributed by atoms with Gasteiger partial charge in [-0.1, -0.05) is 12.1 Å². The van der Waals surface area contributed by atoms with Gasteiger partial charge in [-0.15, -0.1) is 0 Å². The van der Waals surface area contributed by atoms with Gasteiger partial charge in [0.2, 0.25) is 7.37 Å². The predicted octanol–water partition coefficient (Wildman–Crippen LogP) is -0.966. The van der Waals surface area contributed by atoms with Crippen molar-refractivity contribution in [2.75, 3.05) is 70.9 Å². The smallest absolute Gasteiger partial charge is 0.317 e. The third kappa shape index (κ3) is 14.6. The number of benzene rings is 1. The third-order valence-corrected chi connectivity index (χ3v) is 6.38. The van der Waals surface area contributed by atoms with Crippen molar-refractivity contribution in [3.8, 4) is 0 Å². The van der Waals surface area contributed by atoms with Gasteiger partial charge in [-0.05, 0) is 17.7 Å². The highest BCUT2D eigenvalue weighted by Gasteiger charge is 2.24. The van der Waals surface area contributed by atoms with E-state index in [1.54, 1.807) is 34.1 Å². The minimum absolute atomic E-state index is 0.0652. The first-order chi connectivity index (χ1) is 16.0. The first kappa shape index (κ1) is 29.5. The molecule has 1 atom stereocenters. The van der Waals surface area contributed by atoms with Crippen molar-refractivity contribution in [2.45, 2.75) is 6.16 Å². The SMILES string of the molecule is Nc1ccc(CP(=O)(O)CN(CCNCC(=O)O)CCN(CCNCC(=O)O)CC(=O)O)cc1. The molecular formula is C20H34N5O8P. The van der Waals surface area contributed by atoms with E-state index in [-0.39, 0.29) is 71.4 Å². The van der Waals surface area contributed by atoms with Crippen LogP contribution >= 0.6 is 7.37 Å². The van der Waals surface area contributed by atoms with E-state index in [4.69, 9.17) is 21.1 Å². The molecule has 0 amide bonds. The molecule has 1 aromatic rings. The summed E-state index contributed by atoms with van der Waals surface area (Å²) in [5, 5.41) is 32.0. The quantitative estimate of drug-likeness (QED) is 0.0690. The number of hydrogen-bond acceptors (Lipinski definition) is 9. The number of nitrogen functional groups attached to an aromatic ring is 1. The number of nitrogens with two attached hydrogens (primary N) is 1. The summed E-state index contributed by atoms with van der Waals surface area (Å²) in [6.45, 7) is 0.794. The molecule has 1 unspecified atom stereocenters. The van der Waals surface area contributed by atoms with Crippen LogP contribution < -0.4 is 16.4 Å². The molecule has 0 spiro atoms. The van der Waals surface area contributed by atoms with E-state index in [9.17, 15) is 23.8 Å². The summed E-state index contributed by atoms with van der Waals surface area (Å²) in [6.07, 6.45) is -0.228. The number of hydrogen-bond donors (Lipinski definition) is 7. The standard InChI is InChI=1S/C20H34N5O8P/c21-17-3-1-16(2-4-17)14-34(32,33)15-25(8-6-23-12-19(28)29)10-9-24(13-20(30)31)7-5-22-11-18(26)27/h1-4,22-23H,5-15,21H2,(H,26,27)(H,28,29)(H,30,31)(H,32,33). The number of carboxylic acid groups (broad SMARTS) is 3. The van der Waals surface area contributed by atoms with Crippen LogP contribution in [-0.4, -0.2) is 113 Å². The molecule has 192 valence electrons. The lowest BCUT2D eigenvalue weighted by Gasteiger charge is -2.28. The van der Waals surface area contributed by atoms with Gasteiger partial charge in [0.15, 0.2) is 0 Å². The number of aliphatic carboxylic acids is 3. The molecule has 0 aromatic heterocycles. The Hall–Kier alpha value is -2.54. The fraction of sp³-hybridized carbons (Fsp3) is 0.550. The molecule has 0 aliphatic carbocycles. The van der Waals surface area contributed by atoms with Crippen LogP contribution in [0.15, 0.2) is 24.3 Å². The Kier molecular flexibility index (Phi) is 13.3. The molecule has 1 aromatic carbocycles. The summed E-state index contributed by atoms with van der Waals surface area (Å²) in [7, 11) is -3.65. The maximum atomic E-state index is 12.9. The van der Waals surface area contributed by atoms with Crippen LogP contribution in [0.2, 0.25) is 0 Å². The summed E-state index contributed by atoms with van der Waals surface area (Å²) in [4.78, 5) is 46.4. The molecule has 0 radical (unpaired) electrons. The Balaban J connectivity index is 2.75. The Morgan fingerprint density at radius 3 is 1.82 bits per heavy atom. The maximum Gasteiger partial charge on any atom is 0.317 e. The summed E-state index contributed by atoms with van der Waals surface area (Å²) >= 11 is 0. The fourth-order valence-electron chi connectivity index (χ4n) is 3.13. The van der Waals surface area contributed by atoms with Crippen LogP contribution in [0.5, 0.6) is 0 Å². The monoisotopic (exact) mass is 503 g/mol. The topological polar surface area (TPSA) is 206 Å². The molecule has 0 saturated heterocycles. The highest BCUT2D eigenvalue weighted by Crippen LogP contribution is 2.44. The number of rotatable bonds is 19. The van der Waals surface area contributed by atoms with Crippen molar-refractivity contribution in [3.63, 3.8) is 0 Å². The zero-order valence-electron chi connectivity index (χ0n) is 18.9. The van der Waals surface area contributed by atoms with Gasteiger partial charge in [-0.25, -0.2) is 0 Å². The highest BCUT2D eigenvalue weighted by molar-refractivity contribution is 7.57. The Morgan fingerprint density at radius 2 is 1.32 bits per heavy atom. The largest absolute Gasteiger partial charge is 0.480 e. The molecule has 0 heterocycles. The molecule has 8 N–H and O–H groups in total. The molecule has 14 heteroatoms. The third-order valence-electron chi connectivity index (χ3n) is 4.68. The van der Waals surface area contributed by atoms with Crippen molar-refractivity contribution in [1.29, 1.82) is 0 Å². The Labute approximate surface area is 198 Å². The first-order valence-corrected chi connectivity index (χ1v) is 12.7. The minimum Gasteiger partial charge on any atom is -0.480 e. The molecule has 0 bridgehead atoms. The van der Waals surface area contributed by atoms with Gasteiger partial charge < -0.3 is 36.6 Å². The van der Waals surface area contributed by atoms with Gasteiger partial charge >= 0.3 is 17.9 Å². The lowest BCUT2D eigenvalue weighted by Crippen LogP contribution is -2.43. The van der Waals surface area contributed by atoms with E-state index in [0.717, 1.165) is 0 Å². The molecule has 13 nitrogen and oxygen atoms in total. The van der Waals surface area contributed by atoms with Gasteiger partial charge in [0, 0.05) is 45.0 Å². The maximum absolute atomic E-state index is 12.9. The van der Waals surface area contributed by atoms with Gasteiger partial charge in [-0.3, -0.25) is 28.7 Å². The highest BCUT2D eigenvalue weighted by atomic mass is 31.2. The molecule has 34 heavy (non-hydrogen) atoms. The van der Waals surface area contributed by atoms with E-state index in [1.165, 1.54) is 0 Å². The van der Waals surface area contributed by atoms with E-state index in [1.807, 2.05) is 0 Å². The number of carboxylic acids is 3. The summed E-state index contributed by atoms with van der Waals surface area (Å²) < 4.78 is 12.9. The number of carbonyl (C=O) groups is 3. The number of nitrogens with zero attached hydrogens (tertiary/aromatic N) is 2. The van der Waals surface area contributed by atoms with E-state index < -0.39 is 25.3 Å². The van der Waals surface area contributed by atoms with Crippen molar-refractivity contribution in [1.82, 2.24) is 20.4 Å². The number of nitrogens with one attached hydrogen (secondary N) is 2. The van der Waals surface area contributed by atoms with Crippen LogP contribution in [-0.2, 0) is 25.1 Å². The van der Waals surface area contributed by atoms with Gasteiger partial charge in [0.1, 0.15) is 0 Å². The summed E-state index contributed by atoms with van der Waals surface area (Å²) in [6, 6.07) is 6.64. The van der Waals surface area contributed by atoms with Crippen LogP contribution in [0.1, 0.15) is 5.56 Å². The normalized spacial score (nSPS) is 13.1. The van der Waals surface area contributed by atoms with Crippen molar-refractivity contribution < 1.29 is 39.2 Å². The van der Waals surface area contributed by atoms with Crippen LogP contribution in [0.3, 0.4) is 0 Å². The average Bonchev–Trinajstić information content (AvgIpc) is 2.72. The zero-order valence-corrected chi connectivity index (χ0v) is 19.8. The summed E-state index contributed by atoms with van der Waals surface area (Å²) in [5.74, 6) is -3.10. The summed E-state index contributed by atoms with van der Waals surface area (Å²) in [5.41, 5.74) is 6.85. The molecular weight excluding hydrogens is 469 g/mol. The number of anilines is 1. The van der Waals surface area contributed by atoms with Crippen LogP contribution in [0.25, 0.3) is 0 Å². The van der Waals surface area contributed by atoms with Gasteiger partial charge in [-0.2, -0.15) is 0 Å². The van der Waals surface area contributed by atoms with Crippen LogP contribution in [0, 0.1) is 0 Å². The zero-order chi connectivity index (χ0) is 25.6. The molecule has 1 rings (SSSR count). The van der Waals surface area contributed by atoms with E-state index in [2.05, 4.69) is 10.6 Å². The second-order valence-electron chi connectivity index (χ2n) is 7.82. The molecule has 0 aliphatic heterocycles. The van der Waals surface area contributed by atoms with Gasteiger partial charge in [0.25, 0.3) is 0 Å². The van der Waals surface area contributed by atoms with Crippen molar-refractivity contribution >= 4 is 31.0 Å². The molecule has 0 aliphatic rings. The second-order valence-corrected chi connectivity index (χ2v) is 10.1. The van der Waals surface area contributed by atoms with E-state index >= 15 is 0 Å². The van der Waals surface area contributed by atoms with Gasteiger partial charge in [0.05, 0.1) is 32.1 Å². The first-order valence-electron chi connectivity index (χ1n) is 10.6. The fourth-order valence-corrected chi connectivity index (χ4v) is 4.92. The minimum atomic E-state index is -3.65. The second kappa shape index (κ2) is 15.4. The van der Waals surface area contributed by atoms with Crippen molar-refractivity contribution in [2.24, 2.45) is 0 Å². The predicted molar refractivity (Wildman–Crippen MR) is 126 cm³/mol. The van der Waals surface area contributed by atoms with Crippen LogP contribution in [0.4, 0.5) is 5.69 Å². The van der Waals surface area contributed by atoms with E-state index in [0.29, 0.717) is 11.3 Å². The lowest BCUT2D eigenvalue weighted by atomic mass is 10.2. The molecule has 0 saturated carbocycles. The Morgan fingerprint density at radius 1 is 0.824 bits per heavy atom. The Bertz CT molecular complexity index is 839.